The molecular weight excluding hydrogens is 1080 g/mol. The third kappa shape index (κ3) is 11.4. The number of ether oxygens (including phenoxy) is 2. The van der Waals surface area contributed by atoms with Gasteiger partial charge in [0.25, 0.3) is 0 Å². The average Bonchev–Trinajstić information content (AvgIpc) is 2.77. The van der Waals surface area contributed by atoms with Crippen LogP contribution in [0.3, 0.4) is 0 Å². The van der Waals surface area contributed by atoms with E-state index < -0.39 is 18.1 Å². The van der Waals surface area contributed by atoms with Crippen molar-refractivity contribution in [3.63, 3.8) is 0 Å². The number of anilines is 3. The lowest BCUT2D eigenvalue weighted by molar-refractivity contribution is -0.141. The van der Waals surface area contributed by atoms with Crippen LogP contribution in [-0.4, -0.2) is 149 Å². The molecule has 442 valence electrons. The van der Waals surface area contributed by atoms with Gasteiger partial charge in [0.05, 0.1) is 69.6 Å². The number of aliphatic hydroxyl groups is 1. The normalized spacial score (nSPS) is 24.9. The molecule has 2 aromatic carbocycles. The number of rotatable bonds is 17. The van der Waals surface area contributed by atoms with Crippen molar-refractivity contribution in [2.45, 2.75) is 159 Å². The smallest absolute Gasteiger partial charge is 0.243 e. The molecule has 13 rings (SSSR count). The van der Waals surface area contributed by atoms with Gasteiger partial charge in [-0.2, -0.15) is 5.10 Å². The van der Waals surface area contributed by atoms with Gasteiger partial charge in [-0.05, 0) is 112 Å². The molecule has 10 heterocycles. The predicted molar refractivity (Wildman–Crippen MR) is 321 cm³/mol. The van der Waals surface area contributed by atoms with E-state index in [2.05, 4.69) is 46.4 Å². The van der Waals surface area contributed by atoms with Gasteiger partial charge in [-0.15, -0.1) is 21.5 Å². The van der Waals surface area contributed by atoms with Gasteiger partial charge < -0.3 is 54.9 Å². The number of aromatic nitrogens is 7. The van der Waals surface area contributed by atoms with Crippen molar-refractivity contribution < 1.29 is 33.8 Å². The summed E-state index contributed by atoms with van der Waals surface area (Å²) in [5, 5.41) is 42.5. The summed E-state index contributed by atoms with van der Waals surface area (Å²) in [6, 6.07) is 23.0. The first-order valence-corrected chi connectivity index (χ1v) is 31.2. The number of benzene rings is 2. The fourth-order valence-electron chi connectivity index (χ4n) is 14.2. The molecule has 5 N–H and O–H groups in total. The first kappa shape index (κ1) is 56.0. The number of aryl methyl sites for hydroxylation is 1. The monoisotopic (exact) mass is 1160 g/mol. The molecule has 1 saturated carbocycles. The summed E-state index contributed by atoms with van der Waals surface area (Å²) in [6.45, 7) is 12.8. The number of piperidine rings is 3. The maximum Gasteiger partial charge on any atom is 0.243 e. The molecule has 0 spiro atoms. The van der Waals surface area contributed by atoms with Crippen LogP contribution in [0.25, 0.3) is 32.7 Å². The second-order valence-electron chi connectivity index (χ2n) is 24.8. The first-order chi connectivity index (χ1) is 40.8. The lowest BCUT2D eigenvalue weighted by atomic mass is 9.91. The third-order valence-electron chi connectivity index (χ3n) is 18.8. The number of aromatic hydroxyl groups is 1. The van der Waals surface area contributed by atoms with Crippen LogP contribution in [0.15, 0.2) is 89.0 Å². The number of amides is 2. The number of nitrogens with zero attached hydrogens (tertiary/aromatic N) is 11. The van der Waals surface area contributed by atoms with Gasteiger partial charge >= 0.3 is 0 Å². The summed E-state index contributed by atoms with van der Waals surface area (Å²) in [4.78, 5) is 47.5. The number of phenolic OH excluding ortho intramolecular Hbond substituents is 1. The highest BCUT2D eigenvalue weighted by Crippen LogP contribution is 2.45. The number of pyridine rings is 1. The molecule has 84 heavy (non-hydrogen) atoms. The number of hydrogen-bond acceptors (Lipinski definition) is 18. The SMILES string of the molecule is Cc1ncsc1-c1ccc([C@H](C)NC(=O)[C@@H]2C[C@@H](O)CN2C(=O)C(c2cc(N3CCC(CN4CCC(OC5CC(Oc6ccc(N7C8CCC7CC(n7nc(N)c9nnc(-c%10ccccc%10O)cc97)C8)cn6)C5)CC4)CC3)no2)C(C)C)cc1. The highest BCUT2D eigenvalue weighted by atomic mass is 32.1. The first-order valence-electron chi connectivity index (χ1n) is 30.4. The Balaban J connectivity index is 0.529. The number of para-hydroxylation sites is 1. The van der Waals surface area contributed by atoms with Crippen molar-refractivity contribution in [2.24, 2.45) is 11.8 Å². The Morgan fingerprint density at radius 3 is 2.31 bits per heavy atom. The number of thiazole rings is 1. The van der Waals surface area contributed by atoms with Crippen molar-refractivity contribution in [3.05, 3.63) is 102 Å². The van der Waals surface area contributed by atoms with Gasteiger partial charge in [0, 0.05) is 88.3 Å². The number of carbonyl (C=O) groups is 2. The standard InChI is InChI=1S/C63H77N13O7S/c1-36(2)58(63(80)74-34-46(77)27-53(74)62(79)67-37(3)40-9-11-41(12-10-40)60-38(4)66-35-84-60)55-31-56(71-83-55)73-23-17-39(18-24-73)33-72-21-19-47(20-22-72)81-48-28-49(29-48)82-57-16-15-44(32-65-57)75-42-13-14-43(75)26-45(25-42)76-52-30-51(50-7-5-6-8-54(50)78)68-69-59(52)61(64)70-76/h5-12,15-16,30-32,35-37,39,42-43,45-49,53,58,77-78H,13-14,17-29,33-34H2,1-4H3,(H2,64,70)(H,67,79)/t37-,42?,43?,45?,46+,48?,49?,53-,58?/m0/s1. The number of aliphatic hydroxyl groups excluding tert-OH is 1. The lowest BCUT2D eigenvalue weighted by Crippen LogP contribution is -2.48. The van der Waals surface area contributed by atoms with Crippen LogP contribution in [0.2, 0.25) is 0 Å². The molecule has 5 saturated heterocycles. The van der Waals surface area contributed by atoms with Gasteiger partial charge in [-0.1, -0.05) is 55.4 Å². The zero-order valence-corrected chi connectivity index (χ0v) is 49.2. The minimum atomic E-state index is -0.803. The minimum Gasteiger partial charge on any atom is -0.507 e. The van der Waals surface area contributed by atoms with E-state index in [0.29, 0.717) is 52.2 Å². The maximum atomic E-state index is 14.4. The van der Waals surface area contributed by atoms with E-state index in [4.69, 9.17) is 29.8 Å². The van der Waals surface area contributed by atoms with Gasteiger partial charge in [-0.25, -0.2) is 9.97 Å². The van der Waals surface area contributed by atoms with E-state index in [-0.39, 0.29) is 66.8 Å². The summed E-state index contributed by atoms with van der Waals surface area (Å²) in [6.07, 6.45) is 11.9. The number of nitrogens with one attached hydrogen (secondary N) is 1. The molecule has 5 aliphatic heterocycles. The zero-order chi connectivity index (χ0) is 57.8. The molecule has 21 heteroatoms. The molecule has 1 aliphatic carbocycles. The number of nitrogens with two attached hydrogens (primary N) is 1. The Hall–Kier alpha value is -7.20. The van der Waals surface area contributed by atoms with E-state index >= 15 is 0 Å². The number of fused-ring (bicyclic) bond motifs is 3. The van der Waals surface area contributed by atoms with E-state index in [1.165, 1.54) is 4.90 Å². The average molecular weight is 1160 g/mol. The van der Waals surface area contributed by atoms with Crippen LogP contribution in [0, 0.1) is 18.8 Å². The molecule has 2 bridgehead atoms. The molecule has 7 aromatic rings. The van der Waals surface area contributed by atoms with Crippen LogP contribution < -0.4 is 25.6 Å². The highest BCUT2D eigenvalue weighted by Gasteiger charge is 2.45. The quantitative estimate of drug-likeness (QED) is 0.0666. The number of likely N-dealkylation sites (tertiary alicyclic amines) is 2. The van der Waals surface area contributed by atoms with Gasteiger partial charge in [0.2, 0.25) is 17.7 Å². The molecule has 6 atom stereocenters. The molecule has 0 radical (unpaired) electrons. The summed E-state index contributed by atoms with van der Waals surface area (Å²) >= 11 is 1.60. The predicted octanol–water partition coefficient (Wildman–Crippen LogP) is 8.85. The Labute approximate surface area is 493 Å². The molecule has 2 amide bonds. The Morgan fingerprint density at radius 2 is 1.61 bits per heavy atom. The van der Waals surface area contributed by atoms with Crippen molar-refractivity contribution in [1.82, 2.24) is 50.2 Å². The number of nitrogen functional groups attached to an aromatic ring is 1. The van der Waals surface area contributed by atoms with Crippen LogP contribution in [0.4, 0.5) is 17.3 Å². The topological polar surface area (TPSA) is 239 Å². The second-order valence-corrected chi connectivity index (χ2v) is 25.7. The largest absolute Gasteiger partial charge is 0.507 e. The second kappa shape index (κ2) is 23.7. The zero-order valence-electron chi connectivity index (χ0n) is 48.4. The van der Waals surface area contributed by atoms with E-state index in [1.807, 2.05) is 98.7 Å². The van der Waals surface area contributed by atoms with E-state index in [9.17, 15) is 19.8 Å². The van der Waals surface area contributed by atoms with Crippen molar-refractivity contribution in [2.75, 3.05) is 54.8 Å². The molecule has 3 unspecified atom stereocenters. The molecule has 6 aliphatic rings. The van der Waals surface area contributed by atoms with Crippen molar-refractivity contribution >= 4 is 51.5 Å². The van der Waals surface area contributed by atoms with Gasteiger partial charge in [0.1, 0.15) is 23.8 Å². The summed E-state index contributed by atoms with van der Waals surface area (Å²) in [7, 11) is 0. The van der Waals surface area contributed by atoms with Crippen molar-refractivity contribution in [1.29, 1.82) is 0 Å². The Morgan fingerprint density at radius 1 is 0.845 bits per heavy atom. The Bertz CT molecular complexity index is 3430. The summed E-state index contributed by atoms with van der Waals surface area (Å²) in [5.74, 6) is 1.69. The van der Waals surface area contributed by atoms with E-state index in [1.54, 1.807) is 23.5 Å². The molecule has 20 nitrogen and oxygen atoms in total. The number of phenols is 1. The fraction of sp³-hybridized carbons (Fsp3) is 0.524. The van der Waals surface area contributed by atoms with Crippen LogP contribution in [0.5, 0.6) is 11.6 Å². The van der Waals surface area contributed by atoms with Gasteiger partial charge in [0.15, 0.2) is 22.9 Å². The number of hydrogen-bond donors (Lipinski definition) is 4. The lowest BCUT2D eigenvalue weighted by Gasteiger charge is -2.41. The Kier molecular flexibility index (Phi) is 15.8. The van der Waals surface area contributed by atoms with Crippen LogP contribution >= 0.6 is 11.3 Å². The van der Waals surface area contributed by atoms with E-state index in [0.717, 1.165) is 136 Å². The molecule has 5 aromatic heterocycles. The van der Waals surface area contributed by atoms with Crippen LogP contribution in [-0.2, 0) is 14.3 Å². The molecular formula is C63H77N13O7S. The summed E-state index contributed by atoms with van der Waals surface area (Å²) < 4.78 is 21.0. The highest BCUT2D eigenvalue weighted by molar-refractivity contribution is 7.13. The number of carbonyl (C=O) groups excluding carboxylic acids is 2. The number of β-amino-alcohol motifs (C(OH)–C–C–N with tert-alkyl or cyclic N) is 1. The van der Waals surface area contributed by atoms with Crippen LogP contribution in [0.1, 0.15) is 126 Å². The minimum absolute atomic E-state index is 0.0844. The molecule has 6 fully saturated rings. The fourth-order valence-corrected chi connectivity index (χ4v) is 15.0. The third-order valence-corrected chi connectivity index (χ3v) is 19.8. The van der Waals surface area contributed by atoms with Crippen molar-refractivity contribution in [3.8, 4) is 33.3 Å². The maximum absolute atomic E-state index is 14.4. The van der Waals surface area contributed by atoms with Gasteiger partial charge in [-0.3, -0.25) is 14.3 Å². The summed E-state index contributed by atoms with van der Waals surface area (Å²) in [5.41, 5.74) is 15.0.